The highest BCUT2D eigenvalue weighted by molar-refractivity contribution is 9.10. The maximum atomic E-state index is 3.78. The highest BCUT2D eigenvalue weighted by Crippen LogP contribution is 2.36. The molecule has 0 spiro atoms. The second-order valence-electron chi connectivity index (χ2n) is 6.42. The quantitative estimate of drug-likeness (QED) is 0.797. The van der Waals surface area contributed by atoms with Crippen molar-refractivity contribution in [1.29, 1.82) is 0 Å². The number of nitrogens with one attached hydrogen (secondary N) is 1. The summed E-state index contributed by atoms with van der Waals surface area (Å²) in [6.07, 6.45) is 1.17. The lowest BCUT2D eigenvalue weighted by Gasteiger charge is -2.39. The molecule has 1 aliphatic rings. The summed E-state index contributed by atoms with van der Waals surface area (Å²) >= 11 is 5.86. The molecule has 0 radical (unpaired) electrons. The van der Waals surface area contributed by atoms with Gasteiger partial charge in [0, 0.05) is 34.1 Å². The molecule has 21 heavy (non-hydrogen) atoms. The van der Waals surface area contributed by atoms with Crippen LogP contribution >= 0.6 is 27.7 Å². The van der Waals surface area contributed by atoms with Gasteiger partial charge in [0.1, 0.15) is 0 Å². The van der Waals surface area contributed by atoms with E-state index in [1.165, 1.54) is 27.9 Å². The van der Waals surface area contributed by atoms with Gasteiger partial charge in [-0.15, -0.1) is 0 Å². The van der Waals surface area contributed by atoms with E-state index in [9.17, 15) is 0 Å². The van der Waals surface area contributed by atoms with Crippen LogP contribution in [0.3, 0.4) is 0 Å². The molecule has 1 aliphatic heterocycles. The number of nitrogens with zero attached hydrogens (tertiary/aromatic N) is 1. The van der Waals surface area contributed by atoms with Gasteiger partial charge < -0.3 is 10.2 Å². The third-order valence-electron chi connectivity index (χ3n) is 3.94. The van der Waals surface area contributed by atoms with Crippen molar-refractivity contribution in [3.63, 3.8) is 0 Å². The van der Waals surface area contributed by atoms with Gasteiger partial charge >= 0.3 is 0 Å². The minimum atomic E-state index is 0.340. The second-order valence-corrected chi connectivity index (χ2v) is 9.07. The normalized spacial score (nSPS) is 19.6. The summed E-state index contributed by atoms with van der Waals surface area (Å²) in [5, 5.41) is 3.55. The molecule has 4 heteroatoms. The molecule has 1 saturated heterocycles. The number of benzene rings is 1. The summed E-state index contributed by atoms with van der Waals surface area (Å²) < 4.78 is 1.56. The molecule has 1 heterocycles. The topological polar surface area (TPSA) is 15.3 Å². The van der Waals surface area contributed by atoms with Crippen molar-refractivity contribution in [1.82, 2.24) is 5.32 Å². The molecule has 1 aromatic rings. The minimum Gasteiger partial charge on any atom is -0.368 e. The Kier molecular flexibility index (Phi) is 6.04. The van der Waals surface area contributed by atoms with Crippen molar-refractivity contribution in [3.8, 4) is 0 Å². The molecular weight excluding hydrogens is 344 g/mol. The van der Waals surface area contributed by atoms with E-state index < -0.39 is 0 Å². The summed E-state index contributed by atoms with van der Waals surface area (Å²) in [4.78, 5) is 2.51. The second kappa shape index (κ2) is 7.38. The molecule has 1 atom stereocenters. The first-order chi connectivity index (χ1) is 9.93. The Labute approximate surface area is 142 Å². The third kappa shape index (κ3) is 4.64. The van der Waals surface area contributed by atoms with Crippen molar-refractivity contribution < 1.29 is 0 Å². The number of rotatable bonds is 5. The number of halogens is 1. The molecule has 1 aromatic carbocycles. The van der Waals surface area contributed by atoms with Crippen LogP contribution in [0.25, 0.3) is 0 Å². The number of hydrogen-bond acceptors (Lipinski definition) is 3. The Hall–Kier alpha value is -0.190. The van der Waals surface area contributed by atoms with Crippen LogP contribution in [0.15, 0.2) is 22.7 Å². The highest BCUT2D eigenvalue weighted by atomic mass is 79.9. The molecule has 0 aliphatic carbocycles. The first-order valence-electron chi connectivity index (χ1n) is 7.84. The Balaban J connectivity index is 2.12. The van der Waals surface area contributed by atoms with Gasteiger partial charge in [0.15, 0.2) is 0 Å². The van der Waals surface area contributed by atoms with Gasteiger partial charge in [-0.1, -0.05) is 13.0 Å². The van der Waals surface area contributed by atoms with E-state index in [2.05, 4.69) is 83.8 Å². The van der Waals surface area contributed by atoms with Gasteiger partial charge in [0.25, 0.3) is 0 Å². The van der Waals surface area contributed by atoms with Crippen LogP contribution in [-0.4, -0.2) is 30.1 Å². The number of hydrogen-bond donors (Lipinski definition) is 1. The fourth-order valence-corrected chi connectivity index (χ4v) is 4.51. The first-order valence-corrected chi connectivity index (χ1v) is 9.62. The van der Waals surface area contributed by atoms with E-state index >= 15 is 0 Å². The first kappa shape index (κ1) is 17.2. The summed E-state index contributed by atoms with van der Waals surface area (Å²) in [6, 6.07) is 7.22. The zero-order chi connectivity index (χ0) is 15.5. The van der Waals surface area contributed by atoms with Crippen LogP contribution in [0.1, 0.15) is 45.7 Å². The molecule has 0 saturated carbocycles. The predicted molar refractivity (Wildman–Crippen MR) is 99.6 cm³/mol. The van der Waals surface area contributed by atoms with Gasteiger partial charge in [0.05, 0.1) is 5.69 Å². The van der Waals surface area contributed by atoms with E-state index in [1.54, 1.807) is 0 Å². The molecule has 0 bridgehead atoms. The summed E-state index contributed by atoms with van der Waals surface area (Å²) in [7, 11) is 0. The molecule has 0 aromatic heterocycles. The standard InChI is InChI=1S/C17H27BrN2S/c1-5-8-19-13(2)14-6-7-16(15(18)11-14)20-9-10-21-17(3,4)12-20/h6-7,11,13,19H,5,8-10,12H2,1-4H3. The average Bonchev–Trinajstić information content (AvgIpc) is 2.43. The van der Waals surface area contributed by atoms with Gasteiger partial charge in [-0.3, -0.25) is 0 Å². The maximum absolute atomic E-state index is 3.78. The Morgan fingerprint density at radius 1 is 1.43 bits per heavy atom. The van der Waals surface area contributed by atoms with E-state index in [0.717, 1.165) is 19.6 Å². The Morgan fingerprint density at radius 3 is 2.81 bits per heavy atom. The van der Waals surface area contributed by atoms with Crippen LogP contribution in [0.2, 0.25) is 0 Å². The number of thioether (sulfide) groups is 1. The van der Waals surface area contributed by atoms with Crippen molar-refractivity contribution in [3.05, 3.63) is 28.2 Å². The fourth-order valence-electron chi connectivity index (χ4n) is 2.75. The zero-order valence-electron chi connectivity index (χ0n) is 13.6. The van der Waals surface area contributed by atoms with Crippen LogP contribution in [0.4, 0.5) is 5.69 Å². The molecule has 1 fully saturated rings. The lowest BCUT2D eigenvalue weighted by Crippen LogP contribution is -2.43. The van der Waals surface area contributed by atoms with E-state index in [1.807, 2.05) is 0 Å². The molecule has 118 valence electrons. The van der Waals surface area contributed by atoms with Crippen LogP contribution < -0.4 is 10.2 Å². The SMILES string of the molecule is CCCNC(C)c1ccc(N2CCSC(C)(C)C2)c(Br)c1. The zero-order valence-corrected chi connectivity index (χ0v) is 16.0. The highest BCUT2D eigenvalue weighted by Gasteiger charge is 2.28. The van der Waals surface area contributed by atoms with E-state index in [-0.39, 0.29) is 0 Å². The van der Waals surface area contributed by atoms with Gasteiger partial charge in [-0.25, -0.2) is 0 Å². The van der Waals surface area contributed by atoms with Gasteiger partial charge in [-0.05, 0) is 67.4 Å². The predicted octanol–water partition coefficient (Wildman–Crippen LogP) is 4.84. The lowest BCUT2D eigenvalue weighted by molar-refractivity contribution is 0.570. The molecule has 2 rings (SSSR count). The third-order valence-corrected chi connectivity index (χ3v) is 5.87. The largest absolute Gasteiger partial charge is 0.368 e. The molecular formula is C17H27BrN2S. The Morgan fingerprint density at radius 2 is 2.19 bits per heavy atom. The smallest absolute Gasteiger partial charge is 0.0511 e. The van der Waals surface area contributed by atoms with Crippen LogP contribution in [0.5, 0.6) is 0 Å². The monoisotopic (exact) mass is 370 g/mol. The lowest BCUT2D eigenvalue weighted by atomic mass is 10.1. The van der Waals surface area contributed by atoms with Crippen LogP contribution in [0, 0.1) is 0 Å². The molecule has 1 unspecified atom stereocenters. The Bertz CT molecular complexity index is 476. The van der Waals surface area contributed by atoms with Crippen molar-refractivity contribution in [2.24, 2.45) is 0 Å². The van der Waals surface area contributed by atoms with Gasteiger partial charge in [0.2, 0.25) is 0 Å². The van der Waals surface area contributed by atoms with E-state index in [0.29, 0.717) is 10.8 Å². The summed E-state index contributed by atoms with van der Waals surface area (Å²) in [5.41, 5.74) is 2.68. The van der Waals surface area contributed by atoms with Crippen molar-refractivity contribution >= 4 is 33.4 Å². The van der Waals surface area contributed by atoms with E-state index in [4.69, 9.17) is 0 Å². The summed E-state index contributed by atoms with van der Waals surface area (Å²) in [5.74, 6) is 1.20. The van der Waals surface area contributed by atoms with Gasteiger partial charge in [-0.2, -0.15) is 11.8 Å². The van der Waals surface area contributed by atoms with Crippen molar-refractivity contribution in [2.75, 3.05) is 30.3 Å². The number of anilines is 1. The maximum Gasteiger partial charge on any atom is 0.0511 e. The van der Waals surface area contributed by atoms with Crippen molar-refractivity contribution in [2.45, 2.75) is 44.9 Å². The minimum absolute atomic E-state index is 0.340. The molecule has 2 nitrogen and oxygen atoms in total. The molecule has 1 N–H and O–H groups in total. The average molecular weight is 371 g/mol. The van der Waals surface area contributed by atoms with Crippen LogP contribution in [-0.2, 0) is 0 Å². The summed E-state index contributed by atoms with van der Waals surface area (Å²) in [6.45, 7) is 12.4. The fraction of sp³-hybridized carbons (Fsp3) is 0.647. The molecule has 0 amide bonds.